The normalized spacial score (nSPS) is 15.7. The quantitative estimate of drug-likeness (QED) is 0.583. The molecule has 28 heavy (non-hydrogen) atoms. The van der Waals surface area contributed by atoms with Gasteiger partial charge in [-0.05, 0) is 49.2 Å². The van der Waals surface area contributed by atoms with Gasteiger partial charge >= 0.3 is 12.1 Å². The first-order chi connectivity index (χ1) is 13.1. The first kappa shape index (κ1) is 18.3. The summed E-state index contributed by atoms with van der Waals surface area (Å²) in [5.74, 6) is -0.443. The van der Waals surface area contributed by atoms with Crippen molar-refractivity contribution in [3.05, 3.63) is 58.7 Å². The zero-order valence-corrected chi connectivity index (χ0v) is 15.4. The van der Waals surface area contributed by atoms with Crippen LogP contribution in [0, 0.1) is 0 Å². The van der Waals surface area contributed by atoms with E-state index in [1.165, 1.54) is 13.2 Å². The van der Waals surface area contributed by atoms with Gasteiger partial charge in [0.2, 0.25) is 0 Å². The van der Waals surface area contributed by atoms with Gasteiger partial charge in [0.1, 0.15) is 5.52 Å². The number of aromatic nitrogens is 1. The van der Waals surface area contributed by atoms with Gasteiger partial charge in [0.15, 0.2) is 5.58 Å². The summed E-state index contributed by atoms with van der Waals surface area (Å²) in [6.07, 6.45) is -4.45. The highest BCUT2D eigenvalue weighted by Crippen LogP contribution is 2.44. The number of methoxy groups -OCH3 is 1. The van der Waals surface area contributed by atoms with Crippen LogP contribution in [0.15, 0.2) is 40.8 Å². The Hall–Kier alpha value is -3.03. The van der Waals surface area contributed by atoms with Crippen LogP contribution in [-0.4, -0.2) is 18.1 Å². The molecule has 2 heterocycles. The van der Waals surface area contributed by atoms with E-state index in [-0.39, 0.29) is 17.1 Å². The lowest BCUT2D eigenvalue weighted by Crippen LogP contribution is -2.35. The molecule has 0 N–H and O–H groups in total. The van der Waals surface area contributed by atoms with Crippen molar-refractivity contribution in [1.29, 1.82) is 0 Å². The maximum atomic E-state index is 13.0. The lowest BCUT2D eigenvalue weighted by molar-refractivity contribution is -0.137. The van der Waals surface area contributed by atoms with Crippen LogP contribution in [0.1, 0.15) is 40.9 Å². The number of anilines is 1. The number of hydrogen-bond acceptors (Lipinski definition) is 5. The third kappa shape index (κ3) is 2.71. The highest BCUT2D eigenvalue weighted by Gasteiger charge is 2.42. The Morgan fingerprint density at radius 3 is 2.68 bits per heavy atom. The van der Waals surface area contributed by atoms with Gasteiger partial charge in [0.25, 0.3) is 6.01 Å². The molecule has 1 aromatic heterocycles. The molecule has 146 valence electrons. The van der Waals surface area contributed by atoms with Crippen molar-refractivity contribution in [2.24, 2.45) is 0 Å². The summed E-state index contributed by atoms with van der Waals surface area (Å²) in [5.41, 5.74) is 1.19. The second kappa shape index (κ2) is 5.98. The first-order valence-corrected chi connectivity index (χ1v) is 8.59. The predicted molar refractivity (Wildman–Crippen MR) is 96.0 cm³/mol. The topological polar surface area (TPSA) is 55.6 Å². The Balaban J connectivity index is 1.79. The molecule has 0 bridgehead atoms. The SMILES string of the molecule is COC(=O)c1cccc2c1CN(c1nc3cc(C(F)(F)F)ccc3o1)C2(C)C. The summed E-state index contributed by atoms with van der Waals surface area (Å²) in [4.78, 5) is 18.2. The Labute approximate surface area is 158 Å². The maximum Gasteiger partial charge on any atom is 0.416 e. The standard InChI is InChI=1S/C20H17F3N2O3/c1-19(2)14-6-4-5-12(17(26)27-3)13(14)10-25(19)18-24-15-9-11(20(21,22)23)7-8-16(15)28-18/h4-9H,10H2,1-3H3. The Bertz CT molecular complexity index is 1090. The molecule has 3 aromatic rings. The van der Waals surface area contributed by atoms with Gasteiger partial charge in [0, 0.05) is 6.54 Å². The number of fused-ring (bicyclic) bond motifs is 2. The number of nitrogens with zero attached hydrogens (tertiary/aromatic N) is 2. The Kier molecular flexibility index (Phi) is 3.92. The van der Waals surface area contributed by atoms with Crippen molar-refractivity contribution in [3.8, 4) is 0 Å². The van der Waals surface area contributed by atoms with Crippen molar-refractivity contribution in [2.45, 2.75) is 32.1 Å². The number of carbonyl (C=O) groups is 1. The molecule has 5 nitrogen and oxygen atoms in total. The van der Waals surface area contributed by atoms with E-state index in [1.54, 1.807) is 12.1 Å². The second-order valence-electron chi connectivity index (χ2n) is 7.15. The van der Waals surface area contributed by atoms with Crippen molar-refractivity contribution in [1.82, 2.24) is 4.98 Å². The predicted octanol–water partition coefficient (Wildman–Crippen LogP) is 4.89. The Morgan fingerprint density at radius 2 is 2.00 bits per heavy atom. The second-order valence-corrected chi connectivity index (χ2v) is 7.15. The van der Waals surface area contributed by atoms with Crippen LogP contribution in [0.4, 0.5) is 19.2 Å². The van der Waals surface area contributed by atoms with Crippen LogP contribution in [0.3, 0.4) is 0 Å². The third-order valence-electron chi connectivity index (χ3n) is 5.17. The number of alkyl halides is 3. The van der Waals surface area contributed by atoms with Gasteiger partial charge in [-0.25, -0.2) is 4.79 Å². The van der Waals surface area contributed by atoms with E-state index in [1.807, 2.05) is 24.8 Å². The van der Waals surface area contributed by atoms with E-state index in [0.29, 0.717) is 12.1 Å². The molecule has 1 aliphatic rings. The minimum Gasteiger partial charge on any atom is -0.465 e. The number of benzene rings is 2. The smallest absolute Gasteiger partial charge is 0.416 e. The number of esters is 1. The van der Waals surface area contributed by atoms with Crippen molar-refractivity contribution in [3.63, 3.8) is 0 Å². The number of halogens is 3. The number of oxazole rings is 1. The monoisotopic (exact) mass is 390 g/mol. The molecule has 0 fully saturated rings. The van der Waals surface area contributed by atoms with E-state index in [4.69, 9.17) is 9.15 Å². The zero-order valence-electron chi connectivity index (χ0n) is 15.4. The van der Waals surface area contributed by atoms with Crippen molar-refractivity contribution >= 4 is 23.1 Å². The molecule has 1 aliphatic heterocycles. The van der Waals surface area contributed by atoms with E-state index in [2.05, 4.69) is 4.98 Å². The molecule has 0 spiro atoms. The minimum absolute atomic E-state index is 0.129. The fourth-order valence-electron chi connectivity index (χ4n) is 3.65. The molecule has 0 aliphatic carbocycles. The maximum absolute atomic E-state index is 13.0. The van der Waals surface area contributed by atoms with Crippen LogP contribution in [0.2, 0.25) is 0 Å². The fourth-order valence-corrected chi connectivity index (χ4v) is 3.65. The number of carbonyl (C=O) groups excluding carboxylic acids is 1. The van der Waals surface area contributed by atoms with Crippen molar-refractivity contribution < 1.29 is 27.1 Å². The summed E-state index contributed by atoms with van der Waals surface area (Å²) >= 11 is 0. The lowest BCUT2D eigenvalue weighted by Gasteiger charge is -2.30. The summed E-state index contributed by atoms with van der Waals surface area (Å²) in [7, 11) is 1.32. The van der Waals surface area contributed by atoms with Crippen LogP contribution in [-0.2, 0) is 23.0 Å². The van der Waals surface area contributed by atoms with Crippen LogP contribution in [0.5, 0.6) is 0 Å². The molecule has 0 saturated carbocycles. The lowest BCUT2D eigenvalue weighted by atomic mass is 9.92. The van der Waals surface area contributed by atoms with Gasteiger partial charge in [0.05, 0.1) is 23.8 Å². The molecule has 0 amide bonds. The van der Waals surface area contributed by atoms with Crippen LogP contribution < -0.4 is 4.90 Å². The van der Waals surface area contributed by atoms with Crippen LogP contribution in [0.25, 0.3) is 11.1 Å². The molecule has 0 radical (unpaired) electrons. The minimum atomic E-state index is -4.45. The van der Waals surface area contributed by atoms with E-state index in [0.717, 1.165) is 23.3 Å². The fraction of sp³-hybridized carbons (Fsp3) is 0.300. The van der Waals surface area contributed by atoms with Gasteiger partial charge in [-0.2, -0.15) is 18.2 Å². The first-order valence-electron chi connectivity index (χ1n) is 8.59. The molecule has 0 saturated heterocycles. The molecule has 4 rings (SSSR count). The summed E-state index contributed by atoms with van der Waals surface area (Å²) in [6, 6.07) is 8.78. The molecule has 2 aromatic carbocycles. The van der Waals surface area contributed by atoms with Crippen molar-refractivity contribution in [2.75, 3.05) is 12.0 Å². The average molecular weight is 390 g/mol. The molecule has 0 unspecified atom stereocenters. The summed E-state index contributed by atoms with van der Waals surface area (Å²) in [6.45, 7) is 4.21. The zero-order chi connectivity index (χ0) is 20.3. The molecule has 0 atom stereocenters. The van der Waals surface area contributed by atoms with E-state index < -0.39 is 23.2 Å². The summed E-state index contributed by atoms with van der Waals surface area (Å²) in [5, 5.41) is 0. The van der Waals surface area contributed by atoms with E-state index in [9.17, 15) is 18.0 Å². The van der Waals surface area contributed by atoms with Crippen LogP contribution >= 0.6 is 0 Å². The van der Waals surface area contributed by atoms with E-state index >= 15 is 0 Å². The number of ether oxygens (including phenoxy) is 1. The number of rotatable bonds is 2. The third-order valence-corrected chi connectivity index (χ3v) is 5.17. The largest absolute Gasteiger partial charge is 0.465 e. The highest BCUT2D eigenvalue weighted by molar-refractivity contribution is 5.92. The Morgan fingerprint density at radius 1 is 1.25 bits per heavy atom. The molecular formula is C20H17F3N2O3. The molecule has 8 heteroatoms. The number of hydrogen-bond donors (Lipinski definition) is 0. The van der Waals surface area contributed by atoms with Gasteiger partial charge in [-0.15, -0.1) is 0 Å². The van der Waals surface area contributed by atoms with Gasteiger partial charge < -0.3 is 14.1 Å². The molecular weight excluding hydrogens is 373 g/mol. The average Bonchev–Trinajstić information content (AvgIpc) is 3.17. The van der Waals surface area contributed by atoms with Gasteiger partial charge in [-0.1, -0.05) is 12.1 Å². The highest BCUT2D eigenvalue weighted by atomic mass is 19.4. The summed E-state index contributed by atoms with van der Waals surface area (Å²) < 4.78 is 49.5. The van der Waals surface area contributed by atoms with Gasteiger partial charge in [-0.3, -0.25) is 0 Å².